The summed E-state index contributed by atoms with van der Waals surface area (Å²) < 4.78 is 0. The van der Waals surface area contributed by atoms with Crippen LogP contribution < -0.4 is 10.6 Å². The fourth-order valence-corrected chi connectivity index (χ4v) is 1.43. The van der Waals surface area contributed by atoms with Gasteiger partial charge in [0.05, 0.1) is 0 Å². The van der Waals surface area contributed by atoms with Crippen molar-refractivity contribution in [1.29, 1.82) is 0 Å². The van der Waals surface area contributed by atoms with E-state index in [1.54, 1.807) is 0 Å². The normalized spacial score (nSPS) is 17.9. The lowest BCUT2D eigenvalue weighted by atomic mass is 10.1. The fourth-order valence-electron chi connectivity index (χ4n) is 1.43. The highest BCUT2D eigenvalue weighted by Crippen LogP contribution is 2.31. The van der Waals surface area contributed by atoms with Crippen LogP contribution in [0.3, 0.4) is 0 Å². The summed E-state index contributed by atoms with van der Waals surface area (Å²) in [4.78, 5) is 11.5. The van der Waals surface area contributed by atoms with Gasteiger partial charge in [0.2, 0.25) is 5.91 Å². The van der Waals surface area contributed by atoms with Crippen LogP contribution in [0.5, 0.6) is 0 Å². The predicted molar refractivity (Wildman–Crippen MR) is 58.1 cm³/mol. The average molecular weight is 198 g/mol. The van der Waals surface area contributed by atoms with Crippen molar-refractivity contribution in [3.8, 4) is 0 Å². The highest BCUT2D eigenvalue weighted by molar-refractivity contribution is 5.78. The molecule has 1 saturated carbocycles. The molecule has 0 heterocycles. The van der Waals surface area contributed by atoms with Crippen molar-refractivity contribution in [2.24, 2.45) is 11.8 Å². The molecule has 1 atom stereocenters. The molecule has 1 fully saturated rings. The molecule has 0 saturated heterocycles. The Morgan fingerprint density at radius 1 is 1.50 bits per heavy atom. The summed E-state index contributed by atoms with van der Waals surface area (Å²) in [7, 11) is 0. The van der Waals surface area contributed by atoms with E-state index in [2.05, 4.69) is 17.6 Å². The minimum absolute atomic E-state index is 0.0918. The first-order valence-corrected chi connectivity index (χ1v) is 5.72. The minimum atomic E-state index is 0.0918. The van der Waals surface area contributed by atoms with Crippen molar-refractivity contribution in [1.82, 2.24) is 10.6 Å². The molecule has 82 valence electrons. The van der Waals surface area contributed by atoms with Crippen LogP contribution in [0.15, 0.2) is 0 Å². The van der Waals surface area contributed by atoms with E-state index >= 15 is 0 Å². The number of amides is 1. The highest BCUT2D eigenvalue weighted by atomic mass is 16.1. The van der Waals surface area contributed by atoms with Gasteiger partial charge >= 0.3 is 0 Å². The van der Waals surface area contributed by atoms with E-state index in [4.69, 9.17) is 0 Å². The molecular weight excluding hydrogens is 176 g/mol. The summed E-state index contributed by atoms with van der Waals surface area (Å²) in [5.74, 6) is 1.18. The molecule has 1 aliphatic rings. The van der Waals surface area contributed by atoms with E-state index in [1.165, 1.54) is 19.3 Å². The molecule has 0 radical (unpaired) electrons. The second kappa shape index (κ2) is 6.02. The van der Waals surface area contributed by atoms with Crippen molar-refractivity contribution < 1.29 is 4.79 Å². The summed E-state index contributed by atoms with van der Waals surface area (Å²) in [6, 6.07) is 0. The van der Waals surface area contributed by atoms with Crippen LogP contribution in [0.4, 0.5) is 0 Å². The van der Waals surface area contributed by atoms with Gasteiger partial charge in [-0.05, 0) is 18.9 Å². The molecular formula is C11H22N2O. The third kappa shape index (κ3) is 4.61. The molecule has 0 bridgehead atoms. The van der Waals surface area contributed by atoms with Crippen LogP contribution >= 0.6 is 0 Å². The Balaban J connectivity index is 2.00. The molecule has 1 unspecified atom stereocenters. The Kier molecular flexibility index (Phi) is 4.94. The SMILES string of the molecule is CCNCC(C)C(=O)NCCC1CC1. The molecule has 3 nitrogen and oxygen atoms in total. The third-order valence-electron chi connectivity index (χ3n) is 2.70. The lowest BCUT2D eigenvalue weighted by Gasteiger charge is -2.11. The van der Waals surface area contributed by atoms with Gasteiger partial charge in [0.25, 0.3) is 0 Å². The maximum atomic E-state index is 11.5. The minimum Gasteiger partial charge on any atom is -0.356 e. The monoisotopic (exact) mass is 198 g/mol. The van der Waals surface area contributed by atoms with Gasteiger partial charge in [0.15, 0.2) is 0 Å². The lowest BCUT2D eigenvalue weighted by molar-refractivity contribution is -0.124. The van der Waals surface area contributed by atoms with Crippen LogP contribution in [-0.2, 0) is 4.79 Å². The molecule has 14 heavy (non-hydrogen) atoms. The zero-order valence-corrected chi connectivity index (χ0v) is 9.31. The Morgan fingerprint density at radius 2 is 2.21 bits per heavy atom. The average Bonchev–Trinajstić information content (AvgIpc) is 2.97. The maximum absolute atomic E-state index is 11.5. The highest BCUT2D eigenvalue weighted by Gasteiger charge is 2.21. The van der Waals surface area contributed by atoms with Crippen molar-refractivity contribution >= 4 is 5.91 Å². The summed E-state index contributed by atoms with van der Waals surface area (Å²) >= 11 is 0. The first-order valence-electron chi connectivity index (χ1n) is 5.72. The second-order valence-corrected chi connectivity index (χ2v) is 4.23. The van der Waals surface area contributed by atoms with Crippen molar-refractivity contribution in [2.75, 3.05) is 19.6 Å². The van der Waals surface area contributed by atoms with Gasteiger partial charge in [-0.3, -0.25) is 4.79 Å². The number of hydrogen-bond donors (Lipinski definition) is 2. The number of carbonyl (C=O) groups is 1. The van der Waals surface area contributed by atoms with E-state index in [0.29, 0.717) is 0 Å². The van der Waals surface area contributed by atoms with Crippen LogP contribution in [-0.4, -0.2) is 25.5 Å². The van der Waals surface area contributed by atoms with E-state index in [9.17, 15) is 4.79 Å². The fraction of sp³-hybridized carbons (Fsp3) is 0.909. The molecule has 0 aromatic rings. The molecule has 0 aromatic heterocycles. The first kappa shape index (κ1) is 11.5. The Morgan fingerprint density at radius 3 is 2.79 bits per heavy atom. The number of rotatable bonds is 7. The molecule has 0 aromatic carbocycles. The quantitative estimate of drug-likeness (QED) is 0.644. The molecule has 1 rings (SSSR count). The molecule has 2 N–H and O–H groups in total. The van der Waals surface area contributed by atoms with Gasteiger partial charge < -0.3 is 10.6 Å². The van der Waals surface area contributed by atoms with Gasteiger partial charge in [-0.25, -0.2) is 0 Å². The summed E-state index contributed by atoms with van der Waals surface area (Å²) in [5.41, 5.74) is 0. The second-order valence-electron chi connectivity index (χ2n) is 4.23. The van der Waals surface area contributed by atoms with E-state index < -0.39 is 0 Å². The maximum Gasteiger partial charge on any atom is 0.224 e. The largest absolute Gasteiger partial charge is 0.356 e. The van der Waals surface area contributed by atoms with E-state index in [0.717, 1.165) is 25.6 Å². The van der Waals surface area contributed by atoms with Gasteiger partial charge in [0.1, 0.15) is 0 Å². The molecule has 3 heteroatoms. The number of nitrogens with one attached hydrogen (secondary N) is 2. The van der Waals surface area contributed by atoms with Crippen molar-refractivity contribution in [2.45, 2.75) is 33.1 Å². The van der Waals surface area contributed by atoms with Gasteiger partial charge in [-0.1, -0.05) is 26.7 Å². The van der Waals surface area contributed by atoms with Gasteiger partial charge in [-0.2, -0.15) is 0 Å². The van der Waals surface area contributed by atoms with Crippen molar-refractivity contribution in [3.05, 3.63) is 0 Å². The van der Waals surface area contributed by atoms with Gasteiger partial charge in [0, 0.05) is 19.0 Å². The standard InChI is InChI=1S/C11H22N2O/c1-3-12-8-9(2)11(14)13-7-6-10-4-5-10/h9-10,12H,3-8H2,1-2H3,(H,13,14). The molecule has 1 amide bonds. The van der Waals surface area contributed by atoms with Crippen LogP contribution in [0.1, 0.15) is 33.1 Å². The van der Waals surface area contributed by atoms with E-state index in [-0.39, 0.29) is 11.8 Å². The van der Waals surface area contributed by atoms with E-state index in [1.807, 2.05) is 6.92 Å². The van der Waals surface area contributed by atoms with Crippen LogP contribution in [0.25, 0.3) is 0 Å². The van der Waals surface area contributed by atoms with Crippen LogP contribution in [0, 0.1) is 11.8 Å². The van der Waals surface area contributed by atoms with Crippen LogP contribution in [0.2, 0.25) is 0 Å². The Labute approximate surface area is 86.6 Å². The topological polar surface area (TPSA) is 41.1 Å². The summed E-state index contributed by atoms with van der Waals surface area (Å²) in [5, 5.41) is 6.16. The molecule has 0 aliphatic heterocycles. The molecule has 1 aliphatic carbocycles. The number of hydrogen-bond acceptors (Lipinski definition) is 2. The van der Waals surface area contributed by atoms with Crippen molar-refractivity contribution in [3.63, 3.8) is 0 Å². The third-order valence-corrected chi connectivity index (χ3v) is 2.70. The predicted octanol–water partition coefficient (Wildman–Crippen LogP) is 1.15. The lowest BCUT2D eigenvalue weighted by Crippen LogP contribution is -2.35. The molecule has 0 spiro atoms. The summed E-state index contributed by atoms with van der Waals surface area (Å²) in [6.45, 7) is 6.60. The number of carbonyl (C=O) groups excluding carboxylic acids is 1. The first-order chi connectivity index (χ1) is 6.74. The summed E-state index contributed by atoms with van der Waals surface area (Å²) in [6.07, 6.45) is 3.89. The Bertz CT molecular complexity index is 178. The zero-order chi connectivity index (χ0) is 10.4. The Hall–Kier alpha value is -0.570. The van der Waals surface area contributed by atoms with Gasteiger partial charge in [-0.15, -0.1) is 0 Å². The smallest absolute Gasteiger partial charge is 0.224 e. The zero-order valence-electron chi connectivity index (χ0n) is 9.31.